The van der Waals surface area contributed by atoms with E-state index in [1.807, 2.05) is 11.9 Å². The van der Waals surface area contributed by atoms with Gasteiger partial charge in [0.15, 0.2) is 0 Å². The van der Waals surface area contributed by atoms with Crippen molar-refractivity contribution in [1.82, 2.24) is 10.2 Å². The third-order valence-corrected chi connectivity index (χ3v) is 3.61. The van der Waals surface area contributed by atoms with Gasteiger partial charge in [-0.25, -0.2) is 0 Å². The summed E-state index contributed by atoms with van der Waals surface area (Å²) in [5.74, 6) is 0.827. The first kappa shape index (κ1) is 11.9. The van der Waals surface area contributed by atoms with E-state index >= 15 is 0 Å². The molecule has 2 heterocycles. The Morgan fingerprint density at radius 2 is 2.31 bits per heavy atom. The maximum Gasteiger partial charge on any atom is 0.239 e. The first-order chi connectivity index (χ1) is 7.81. The standard InChI is InChI=1S/C12H22N2O2/c1-13-11-5-2-6-14(12(11)15)8-10-4-3-7-16-9-10/h10-11,13H,2-9H2,1H3. The fourth-order valence-corrected chi connectivity index (χ4v) is 2.65. The molecule has 2 saturated heterocycles. The minimum atomic E-state index is 0.0401. The summed E-state index contributed by atoms with van der Waals surface area (Å²) in [5, 5.41) is 3.10. The fourth-order valence-electron chi connectivity index (χ4n) is 2.65. The molecule has 0 aromatic rings. The zero-order chi connectivity index (χ0) is 11.4. The SMILES string of the molecule is CNC1CCCN(CC2CCCOC2)C1=O. The number of likely N-dealkylation sites (N-methyl/N-ethyl adjacent to an activating group) is 1. The van der Waals surface area contributed by atoms with E-state index in [0.29, 0.717) is 5.92 Å². The van der Waals surface area contributed by atoms with Gasteiger partial charge in [-0.05, 0) is 38.6 Å². The van der Waals surface area contributed by atoms with Crippen LogP contribution < -0.4 is 5.32 Å². The Morgan fingerprint density at radius 3 is 3.00 bits per heavy atom. The highest BCUT2D eigenvalue weighted by Crippen LogP contribution is 2.18. The molecule has 0 aliphatic carbocycles. The summed E-state index contributed by atoms with van der Waals surface area (Å²) in [6.07, 6.45) is 4.44. The largest absolute Gasteiger partial charge is 0.381 e. The molecule has 2 aliphatic heterocycles. The van der Waals surface area contributed by atoms with Crippen molar-refractivity contribution in [2.45, 2.75) is 31.7 Å². The number of likely N-dealkylation sites (tertiary alicyclic amines) is 1. The van der Waals surface area contributed by atoms with E-state index in [2.05, 4.69) is 5.32 Å². The number of carbonyl (C=O) groups excluding carboxylic acids is 1. The van der Waals surface area contributed by atoms with E-state index in [1.165, 1.54) is 6.42 Å². The summed E-state index contributed by atoms with van der Waals surface area (Å²) in [4.78, 5) is 14.1. The van der Waals surface area contributed by atoms with Gasteiger partial charge in [-0.2, -0.15) is 0 Å². The molecule has 4 heteroatoms. The van der Waals surface area contributed by atoms with E-state index < -0.39 is 0 Å². The summed E-state index contributed by atoms with van der Waals surface area (Å²) in [5.41, 5.74) is 0. The number of ether oxygens (including phenoxy) is 1. The summed E-state index contributed by atoms with van der Waals surface area (Å²) in [6.45, 7) is 3.53. The third-order valence-electron chi connectivity index (χ3n) is 3.61. The van der Waals surface area contributed by atoms with Crippen molar-refractivity contribution in [2.75, 3.05) is 33.4 Å². The Hall–Kier alpha value is -0.610. The van der Waals surface area contributed by atoms with E-state index in [1.54, 1.807) is 0 Å². The molecular formula is C12H22N2O2. The van der Waals surface area contributed by atoms with Gasteiger partial charge in [0.25, 0.3) is 0 Å². The number of rotatable bonds is 3. The second kappa shape index (κ2) is 5.64. The number of nitrogens with one attached hydrogen (secondary N) is 1. The number of hydrogen-bond acceptors (Lipinski definition) is 3. The molecule has 2 unspecified atom stereocenters. The van der Waals surface area contributed by atoms with Gasteiger partial charge in [-0.15, -0.1) is 0 Å². The molecule has 0 saturated carbocycles. The van der Waals surface area contributed by atoms with Gasteiger partial charge >= 0.3 is 0 Å². The zero-order valence-electron chi connectivity index (χ0n) is 10.1. The zero-order valence-corrected chi connectivity index (χ0v) is 10.1. The molecule has 1 amide bonds. The number of hydrogen-bond donors (Lipinski definition) is 1. The van der Waals surface area contributed by atoms with Crippen molar-refractivity contribution in [3.8, 4) is 0 Å². The Bertz CT molecular complexity index is 239. The lowest BCUT2D eigenvalue weighted by Crippen LogP contribution is -2.51. The van der Waals surface area contributed by atoms with Gasteiger partial charge in [0.2, 0.25) is 5.91 Å². The summed E-state index contributed by atoms with van der Waals surface area (Å²) in [7, 11) is 1.87. The Morgan fingerprint density at radius 1 is 1.44 bits per heavy atom. The lowest BCUT2D eigenvalue weighted by atomic mass is 9.98. The molecular weight excluding hydrogens is 204 g/mol. The molecule has 4 nitrogen and oxygen atoms in total. The second-order valence-corrected chi connectivity index (χ2v) is 4.85. The smallest absolute Gasteiger partial charge is 0.239 e. The molecule has 0 bridgehead atoms. The first-order valence-electron chi connectivity index (χ1n) is 6.35. The average molecular weight is 226 g/mol. The van der Waals surface area contributed by atoms with Crippen LogP contribution in [0.15, 0.2) is 0 Å². The lowest BCUT2D eigenvalue weighted by Gasteiger charge is -2.35. The Kier molecular flexibility index (Phi) is 4.18. The van der Waals surface area contributed by atoms with Crippen LogP contribution in [0.25, 0.3) is 0 Å². The van der Waals surface area contributed by atoms with Crippen molar-refractivity contribution < 1.29 is 9.53 Å². The van der Waals surface area contributed by atoms with Crippen molar-refractivity contribution in [1.29, 1.82) is 0 Å². The van der Waals surface area contributed by atoms with Crippen LogP contribution in [0.5, 0.6) is 0 Å². The van der Waals surface area contributed by atoms with Crippen molar-refractivity contribution in [3.05, 3.63) is 0 Å². The predicted molar refractivity (Wildman–Crippen MR) is 62.2 cm³/mol. The van der Waals surface area contributed by atoms with Crippen molar-refractivity contribution >= 4 is 5.91 Å². The maximum absolute atomic E-state index is 12.1. The predicted octanol–water partition coefficient (Wildman–Crippen LogP) is 0.623. The molecule has 0 aromatic carbocycles. The molecule has 2 atom stereocenters. The van der Waals surface area contributed by atoms with Crippen LogP contribution in [0.2, 0.25) is 0 Å². The van der Waals surface area contributed by atoms with Crippen LogP contribution in [0.3, 0.4) is 0 Å². The van der Waals surface area contributed by atoms with Crippen LogP contribution in [-0.4, -0.2) is 50.2 Å². The first-order valence-corrected chi connectivity index (χ1v) is 6.35. The van der Waals surface area contributed by atoms with E-state index in [9.17, 15) is 4.79 Å². The molecule has 92 valence electrons. The van der Waals surface area contributed by atoms with Crippen molar-refractivity contribution in [3.63, 3.8) is 0 Å². The number of amides is 1. The van der Waals surface area contributed by atoms with Crippen LogP contribution >= 0.6 is 0 Å². The van der Waals surface area contributed by atoms with E-state index in [0.717, 1.165) is 45.6 Å². The summed E-state index contributed by atoms with van der Waals surface area (Å²) in [6, 6.07) is 0.0401. The molecule has 0 aromatic heterocycles. The minimum Gasteiger partial charge on any atom is -0.381 e. The van der Waals surface area contributed by atoms with Crippen molar-refractivity contribution in [2.24, 2.45) is 5.92 Å². The topological polar surface area (TPSA) is 41.6 Å². The molecule has 2 fully saturated rings. The number of nitrogens with zero attached hydrogens (tertiary/aromatic N) is 1. The normalized spacial score (nSPS) is 31.8. The van der Waals surface area contributed by atoms with Crippen LogP contribution in [0.4, 0.5) is 0 Å². The minimum absolute atomic E-state index is 0.0401. The average Bonchev–Trinajstić information content (AvgIpc) is 2.33. The Labute approximate surface area is 97.3 Å². The van der Waals surface area contributed by atoms with Crippen LogP contribution in [-0.2, 0) is 9.53 Å². The summed E-state index contributed by atoms with van der Waals surface area (Å²) < 4.78 is 5.46. The van der Waals surface area contributed by atoms with Gasteiger partial charge in [0.05, 0.1) is 12.6 Å². The highest BCUT2D eigenvalue weighted by atomic mass is 16.5. The second-order valence-electron chi connectivity index (χ2n) is 4.85. The van der Waals surface area contributed by atoms with Crippen LogP contribution in [0.1, 0.15) is 25.7 Å². The monoisotopic (exact) mass is 226 g/mol. The van der Waals surface area contributed by atoms with Gasteiger partial charge in [0, 0.05) is 19.7 Å². The van der Waals surface area contributed by atoms with Gasteiger partial charge in [0.1, 0.15) is 0 Å². The summed E-state index contributed by atoms with van der Waals surface area (Å²) >= 11 is 0. The molecule has 0 radical (unpaired) electrons. The lowest BCUT2D eigenvalue weighted by molar-refractivity contribution is -0.137. The third kappa shape index (κ3) is 2.74. The van der Waals surface area contributed by atoms with Gasteiger partial charge in [-0.1, -0.05) is 0 Å². The molecule has 2 aliphatic rings. The quantitative estimate of drug-likeness (QED) is 0.767. The highest BCUT2D eigenvalue weighted by Gasteiger charge is 2.29. The Balaban J connectivity index is 1.85. The van der Waals surface area contributed by atoms with Gasteiger partial charge < -0.3 is 15.0 Å². The van der Waals surface area contributed by atoms with Gasteiger partial charge in [-0.3, -0.25) is 4.79 Å². The molecule has 16 heavy (non-hydrogen) atoms. The van der Waals surface area contributed by atoms with E-state index in [4.69, 9.17) is 4.74 Å². The highest BCUT2D eigenvalue weighted by molar-refractivity contribution is 5.82. The molecule has 1 N–H and O–H groups in total. The molecule has 2 rings (SSSR count). The number of carbonyl (C=O) groups is 1. The fraction of sp³-hybridized carbons (Fsp3) is 0.917. The van der Waals surface area contributed by atoms with E-state index in [-0.39, 0.29) is 11.9 Å². The number of piperidine rings is 1. The van der Waals surface area contributed by atoms with Crippen LogP contribution in [0, 0.1) is 5.92 Å². The molecule has 0 spiro atoms. The maximum atomic E-state index is 12.1.